The maximum Gasteiger partial charge on any atom is 0.311 e. The summed E-state index contributed by atoms with van der Waals surface area (Å²) in [5.41, 5.74) is 4.86. The van der Waals surface area contributed by atoms with E-state index in [1.165, 1.54) is 11.3 Å². The van der Waals surface area contributed by atoms with Gasteiger partial charge >= 0.3 is 5.97 Å². The average Bonchev–Trinajstić information content (AvgIpc) is 2.97. The molecule has 8 heteroatoms. The Hall–Kier alpha value is -1.67. The maximum absolute atomic E-state index is 11.9. The van der Waals surface area contributed by atoms with Crippen LogP contribution in [0.5, 0.6) is 0 Å². The zero-order chi connectivity index (χ0) is 15.9. The lowest BCUT2D eigenvalue weighted by atomic mass is 9.68. The fourth-order valence-corrected chi connectivity index (χ4v) is 4.53. The van der Waals surface area contributed by atoms with Crippen LogP contribution in [0.3, 0.4) is 0 Å². The lowest BCUT2D eigenvalue weighted by molar-refractivity contribution is -0.158. The second kappa shape index (κ2) is 5.51. The summed E-state index contributed by atoms with van der Waals surface area (Å²) in [5, 5.41) is 12.2. The molecule has 22 heavy (non-hydrogen) atoms. The molecule has 2 atom stereocenters. The monoisotopic (exact) mass is 324 g/mol. The molecule has 1 aromatic rings. The number of nitrogens with two attached hydrogens (primary N) is 1. The summed E-state index contributed by atoms with van der Waals surface area (Å²) in [6, 6.07) is -0.0339. The predicted molar refractivity (Wildman–Crippen MR) is 83.2 cm³/mol. The van der Waals surface area contributed by atoms with Crippen molar-refractivity contribution >= 4 is 28.3 Å². The molecule has 2 fully saturated rings. The Bertz CT molecular complexity index is 605. The Morgan fingerprint density at radius 1 is 1.45 bits per heavy atom. The minimum absolute atomic E-state index is 0.0339. The molecule has 7 nitrogen and oxygen atoms in total. The van der Waals surface area contributed by atoms with E-state index >= 15 is 0 Å². The molecule has 3 rings (SSSR count). The number of carbonyl (C=O) groups is 2. The van der Waals surface area contributed by atoms with Crippen molar-refractivity contribution in [2.45, 2.75) is 25.3 Å². The van der Waals surface area contributed by atoms with E-state index in [0.717, 1.165) is 24.5 Å². The SMILES string of the molecule is CN1CCC[C@]2(C(=O)O)CCN(c3nc(C(N)=O)cs3)C[C@@H]12. The van der Waals surface area contributed by atoms with Crippen LogP contribution in [0.15, 0.2) is 5.38 Å². The van der Waals surface area contributed by atoms with E-state index in [1.807, 2.05) is 7.05 Å². The second-order valence-corrected chi connectivity index (χ2v) is 6.97. The van der Waals surface area contributed by atoms with Gasteiger partial charge in [-0.1, -0.05) is 0 Å². The Balaban J connectivity index is 1.84. The lowest BCUT2D eigenvalue weighted by Gasteiger charge is -2.51. The topological polar surface area (TPSA) is 99.8 Å². The summed E-state index contributed by atoms with van der Waals surface area (Å²) in [5.74, 6) is -1.23. The number of anilines is 1. The van der Waals surface area contributed by atoms with Gasteiger partial charge in [0, 0.05) is 24.5 Å². The molecule has 2 aliphatic heterocycles. The van der Waals surface area contributed by atoms with Gasteiger partial charge in [-0.2, -0.15) is 0 Å². The molecule has 0 unspecified atom stereocenters. The third kappa shape index (κ3) is 2.36. The van der Waals surface area contributed by atoms with Crippen LogP contribution in [0.1, 0.15) is 29.8 Å². The highest BCUT2D eigenvalue weighted by atomic mass is 32.1. The third-order valence-corrected chi connectivity index (χ3v) is 5.87. The van der Waals surface area contributed by atoms with E-state index in [1.54, 1.807) is 5.38 Å². The highest BCUT2D eigenvalue weighted by molar-refractivity contribution is 7.13. The maximum atomic E-state index is 11.9. The molecule has 3 N–H and O–H groups in total. The molecule has 2 aliphatic rings. The van der Waals surface area contributed by atoms with Crippen LogP contribution < -0.4 is 10.6 Å². The highest BCUT2D eigenvalue weighted by Gasteiger charge is 2.52. The van der Waals surface area contributed by atoms with Crippen LogP contribution in [-0.4, -0.2) is 59.6 Å². The number of aliphatic carboxylic acids is 1. The third-order valence-electron chi connectivity index (χ3n) is 4.97. The van der Waals surface area contributed by atoms with Gasteiger partial charge in [0.25, 0.3) is 5.91 Å². The Kier molecular flexibility index (Phi) is 3.82. The number of likely N-dealkylation sites (N-methyl/N-ethyl adjacent to an activating group) is 1. The lowest BCUT2D eigenvalue weighted by Crippen LogP contribution is -2.63. The summed E-state index contributed by atoms with van der Waals surface area (Å²) >= 11 is 1.38. The van der Waals surface area contributed by atoms with Gasteiger partial charge in [-0.25, -0.2) is 4.98 Å². The van der Waals surface area contributed by atoms with Gasteiger partial charge in [0.2, 0.25) is 0 Å². The number of rotatable bonds is 3. The molecule has 0 aromatic carbocycles. The quantitative estimate of drug-likeness (QED) is 0.845. The van der Waals surface area contributed by atoms with Crippen molar-refractivity contribution in [2.75, 3.05) is 31.6 Å². The summed E-state index contributed by atoms with van der Waals surface area (Å²) < 4.78 is 0. The highest BCUT2D eigenvalue weighted by Crippen LogP contribution is 2.43. The first-order valence-electron chi connectivity index (χ1n) is 7.38. The number of likely N-dealkylation sites (tertiary alicyclic amines) is 1. The van der Waals surface area contributed by atoms with E-state index in [0.29, 0.717) is 19.5 Å². The summed E-state index contributed by atoms with van der Waals surface area (Å²) in [4.78, 5) is 31.5. The van der Waals surface area contributed by atoms with Crippen LogP contribution in [0.2, 0.25) is 0 Å². The van der Waals surface area contributed by atoms with E-state index in [4.69, 9.17) is 5.73 Å². The van der Waals surface area contributed by atoms with Crippen LogP contribution in [0.4, 0.5) is 5.13 Å². The molecular weight excluding hydrogens is 304 g/mol. The van der Waals surface area contributed by atoms with Crippen LogP contribution in [0, 0.1) is 5.41 Å². The molecule has 120 valence electrons. The van der Waals surface area contributed by atoms with Gasteiger partial charge in [0.15, 0.2) is 5.13 Å². The van der Waals surface area contributed by atoms with Crippen LogP contribution in [-0.2, 0) is 4.79 Å². The molecule has 0 radical (unpaired) electrons. The minimum atomic E-state index is -0.694. The first kappa shape index (κ1) is 15.2. The molecule has 2 saturated heterocycles. The van der Waals surface area contributed by atoms with Crippen LogP contribution >= 0.6 is 11.3 Å². The number of primary amides is 1. The number of piperidine rings is 2. The number of thiazole rings is 1. The predicted octanol–water partition coefficient (Wildman–Crippen LogP) is 0.617. The molecular formula is C14H20N4O3S. The molecule has 0 spiro atoms. The molecule has 0 saturated carbocycles. The van der Waals surface area contributed by atoms with Gasteiger partial charge in [-0.3, -0.25) is 9.59 Å². The van der Waals surface area contributed by atoms with Crippen molar-refractivity contribution in [1.82, 2.24) is 9.88 Å². The second-order valence-electron chi connectivity index (χ2n) is 6.14. The first-order chi connectivity index (χ1) is 10.4. The fourth-order valence-electron chi connectivity index (χ4n) is 3.68. The van der Waals surface area contributed by atoms with Gasteiger partial charge < -0.3 is 20.6 Å². The molecule has 3 heterocycles. The van der Waals surface area contributed by atoms with E-state index in [2.05, 4.69) is 14.8 Å². The summed E-state index contributed by atoms with van der Waals surface area (Å²) in [7, 11) is 1.99. The number of nitrogens with zero attached hydrogens (tertiary/aromatic N) is 3. The van der Waals surface area contributed by atoms with Crippen molar-refractivity contribution in [3.05, 3.63) is 11.1 Å². The number of amides is 1. The smallest absolute Gasteiger partial charge is 0.311 e. The number of hydrogen-bond donors (Lipinski definition) is 2. The van der Waals surface area contributed by atoms with Gasteiger partial charge in [-0.05, 0) is 32.9 Å². The number of carbonyl (C=O) groups excluding carboxylic acids is 1. The first-order valence-corrected chi connectivity index (χ1v) is 8.26. The van der Waals surface area contributed by atoms with Crippen molar-refractivity contribution in [3.63, 3.8) is 0 Å². The number of hydrogen-bond acceptors (Lipinski definition) is 6. The number of fused-ring (bicyclic) bond motifs is 1. The Labute approximate surface area is 132 Å². The van der Waals surface area contributed by atoms with Crippen molar-refractivity contribution < 1.29 is 14.7 Å². The van der Waals surface area contributed by atoms with Gasteiger partial charge in [0.05, 0.1) is 5.41 Å². The van der Waals surface area contributed by atoms with Crippen LogP contribution in [0.25, 0.3) is 0 Å². The fraction of sp³-hybridized carbons (Fsp3) is 0.643. The zero-order valence-electron chi connectivity index (χ0n) is 12.5. The molecule has 1 amide bonds. The van der Waals surface area contributed by atoms with Gasteiger partial charge in [-0.15, -0.1) is 11.3 Å². The van der Waals surface area contributed by atoms with E-state index in [9.17, 15) is 14.7 Å². The number of carboxylic acids is 1. The van der Waals surface area contributed by atoms with E-state index < -0.39 is 17.3 Å². The van der Waals surface area contributed by atoms with Crippen molar-refractivity contribution in [2.24, 2.45) is 11.1 Å². The van der Waals surface area contributed by atoms with E-state index in [-0.39, 0.29) is 11.7 Å². The summed E-state index contributed by atoms with van der Waals surface area (Å²) in [6.45, 7) is 2.18. The average molecular weight is 324 g/mol. The summed E-state index contributed by atoms with van der Waals surface area (Å²) in [6.07, 6.45) is 2.25. The largest absolute Gasteiger partial charge is 0.481 e. The number of aromatic nitrogens is 1. The van der Waals surface area contributed by atoms with Crippen molar-refractivity contribution in [3.8, 4) is 0 Å². The normalized spacial score (nSPS) is 29.1. The van der Waals surface area contributed by atoms with Crippen molar-refractivity contribution in [1.29, 1.82) is 0 Å². The zero-order valence-corrected chi connectivity index (χ0v) is 13.3. The molecule has 0 aliphatic carbocycles. The molecule has 1 aromatic heterocycles. The standard InChI is InChI=1S/C14H20N4O3S/c1-17-5-2-3-14(12(20)21)4-6-18(7-10(14)17)13-16-9(8-22-13)11(15)19/h8,10H,2-7H2,1H3,(H2,15,19)(H,20,21)/t10-,14+/m1/s1. The Morgan fingerprint density at radius 3 is 2.86 bits per heavy atom. The minimum Gasteiger partial charge on any atom is -0.481 e. The van der Waals surface area contributed by atoms with Gasteiger partial charge in [0.1, 0.15) is 5.69 Å². The number of carboxylic acid groups (broad SMARTS) is 1. The molecule has 0 bridgehead atoms. The Morgan fingerprint density at radius 2 is 2.23 bits per heavy atom.